The highest BCUT2D eigenvalue weighted by molar-refractivity contribution is 5.75. The predicted octanol–water partition coefficient (Wildman–Crippen LogP) is 1.45. The van der Waals surface area contributed by atoms with Crippen molar-refractivity contribution in [3.05, 3.63) is 29.3 Å². The Morgan fingerprint density at radius 3 is 2.61 bits per heavy atom. The van der Waals surface area contributed by atoms with Gasteiger partial charge in [0.15, 0.2) is 0 Å². The molecule has 0 amide bonds. The van der Waals surface area contributed by atoms with E-state index in [4.69, 9.17) is 10.8 Å². The molecule has 0 aliphatic heterocycles. The van der Waals surface area contributed by atoms with Crippen molar-refractivity contribution in [2.75, 3.05) is 7.11 Å². The maximum Gasteiger partial charge on any atom is 0.416 e. The number of carbonyl (C=O) groups excluding carboxylic acids is 1. The number of alkyl halides is 3. The Kier molecular flexibility index (Phi) is 4.18. The van der Waals surface area contributed by atoms with E-state index >= 15 is 0 Å². The number of nitrogens with two attached hydrogens (primary N) is 1. The summed E-state index contributed by atoms with van der Waals surface area (Å²) in [7, 11) is 1.10. The molecule has 0 fully saturated rings. The first-order valence-electron chi connectivity index (χ1n) is 4.98. The van der Waals surface area contributed by atoms with E-state index in [2.05, 4.69) is 4.74 Å². The summed E-state index contributed by atoms with van der Waals surface area (Å²) in [5.74, 6) is -1.30. The summed E-state index contributed by atoms with van der Waals surface area (Å²) in [6, 6.07) is 1.61. The molecule has 1 aromatic rings. The van der Waals surface area contributed by atoms with Gasteiger partial charge in [0.25, 0.3) is 0 Å². The summed E-state index contributed by atoms with van der Waals surface area (Å²) in [6.07, 6.45) is -4.94. The minimum Gasteiger partial charge on any atom is -0.508 e. The van der Waals surface area contributed by atoms with E-state index in [0.717, 1.165) is 19.2 Å². The third kappa shape index (κ3) is 3.36. The van der Waals surface area contributed by atoms with Crippen molar-refractivity contribution in [1.29, 1.82) is 0 Å². The first-order valence-corrected chi connectivity index (χ1v) is 4.98. The molecule has 0 bridgehead atoms. The van der Waals surface area contributed by atoms with Gasteiger partial charge in [0.2, 0.25) is 0 Å². The van der Waals surface area contributed by atoms with Gasteiger partial charge in [-0.05, 0) is 24.1 Å². The van der Waals surface area contributed by atoms with Crippen molar-refractivity contribution in [1.82, 2.24) is 0 Å². The molecule has 0 radical (unpaired) electrons. The Bertz CT molecular complexity index is 446. The average molecular weight is 263 g/mol. The molecule has 1 rings (SSSR count). The molecule has 0 saturated heterocycles. The third-order valence-electron chi connectivity index (χ3n) is 2.34. The molecule has 0 aliphatic rings. The second kappa shape index (κ2) is 5.26. The van der Waals surface area contributed by atoms with Crippen molar-refractivity contribution >= 4 is 5.97 Å². The van der Waals surface area contributed by atoms with E-state index in [-0.39, 0.29) is 12.0 Å². The molecule has 18 heavy (non-hydrogen) atoms. The molecule has 1 atom stereocenters. The fourth-order valence-corrected chi connectivity index (χ4v) is 1.48. The molecular formula is C11H12F3NO3. The molecule has 4 nitrogen and oxygen atoms in total. The number of aromatic hydroxyl groups is 1. The van der Waals surface area contributed by atoms with Gasteiger partial charge in [0.05, 0.1) is 12.7 Å². The summed E-state index contributed by atoms with van der Waals surface area (Å²) < 4.78 is 42.4. The van der Waals surface area contributed by atoms with Crippen LogP contribution in [-0.4, -0.2) is 24.2 Å². The van der Waals surface area contributed by atoms with Gasteiger partial charge in [0, 0.05) is 0 Å². The van der Waals surface area contributed by atoms with Gasteiger partial charge in [0.1, 0.15) is 11.8 Å². The van der Waals surface area contributed by atoms with Gasteiger partial charge >= 0.3 is 12.1 Å². The number of esters is 1. The summed E-state index contributed by atoms with van der Waals surface area (Å²) in [6.45, 7) is 0. The summed E-state index contributed by atoms with van der Waals surface area (Å²) in [5, 5.41) is 9.07. The quantitative estimate of drug-likeness (QED) is 0.810. The van der Waals surface area contributed by atoms with Gasteiger partial charge in [-0.2, -0.15) is 13.2 Å². The second-order valence-corrected chi connectivity index (χ2v) is 3.67. The highest BCUT2D eigenvalue weighted by Gasteiger charge is 2.34. The lowest BCUT2D eigenvalue weighted by Gasteiger charge is -2.15. The lowest BCUT2D eigenvalue weighted by Crippen LogP contribution is -2.34. The molecular weight excluding hydrogens is 251 g/mol. The molecule has 3 N–H and O–H groups in total. The smallest absolute Gasteiger partial charge is 0.416 e. The molecule has 0 spiro atoms. The molecule has 0 saturated carbocycles. The number of benzene rings is 1. The van der Waals surface area contributed by atoms with Crippen molar-refractivity contribution in [3.63, 3.8) is 0 Å². The Morgan fingerprint density at radius 2 is 2.11 bits per heavy atom. The van der Waals surface area contributed by atoms with Crippen LogP contribution < -0.4 is 5.73 Å². The third-order valence-corrected chi connectivity index (χ3v) is 2.34. The molecule has 0 heterocycles. The van der Waals surface area contributed by atoms with Crippen LogP contribution in [0, 0.1) is 0 Å². The van der Waals surface area contributed by atoms with Crippen molar-refractivity contribution < 1.29 is 27.8 Å². The van der Waals surface area contributed by atoms with Crippen LogP contribution in [0.5, 0.6) is 5.75 Å². The van der Waals surface area contributed by atoms with Crippen LogP contribution in [0.15, 0.2) is 18.2 Å². The average Bonchev–Trinajstić information content (AvgIpc) is 2.28. The van der Waals surface area contributed by atoms with E-state index in [1.165, 1.54) is 0 Å². The van der Waals surface area contributed by atoms with Crippen LogP contribution in [-0.2, 0) is 22.1 Å². The SMILES string of the molecule is COC(=O)[C@@H](N)Cc1ccc(O)cc1C(F)(F)F. The summed E-state index contributed by atoms with van der Waals surface area (Å²) in [4.78, 5) is 11.1. The maximum atomic E-state index is 12.7. The van der Waals surface area contributed by atoms with Crippen LogP contribution in [0.1, 0.15) is 11.1 Å². The molecule has 7 heteroatoms. The maximum absolute atomic E-state index is 12.7. The number of ether oxygens (including phenoxy) is 1. The lowest BCUT2D eigenvalue weighted by atomic mass is 10.00. The van der Waals surface area contributed by atoms with E-state index < -0.39 is 29.5 Å². The number of halogens is 3. The van der Waals surface area contributed by atoms with Crippen molar-refractivity contribution in [2.24, 2.45) is 5.73 Å². The number of phenols is 1. The second-order valence-electron chi connectivity index (χ2n) is 3.67. The van der Waals surface area contributed by atoms with Gasteiger partial charge < -0.3 is 15.6 Å². The number of methoxy groups -OCH3 is 1. The summed E-state index contributed by atoms with van der Waals surface area (Å²) >= 11 is 0. The number of hydrogen-bond acceptors (Lipinski definition) is 4. The number of rotatable bonds is 3. The fraction of sp³-hybridized carbons (Fsp3) is 0.364. The Morgan fingerprint density at radius 1 is 1.50 bits per heavy atom. The predicted molar refractivity (Wildman–Crippen MR) is 56.8 cm³/mol. The van der Waals surface area contributed by atoms with Gasteiger partial charge in [-0.3, -0.25) is 4.79 Å². The van der Waals surface area contributed by atoms with E-state index in [0.29, 0.717) is 6.07 Å². The fourth-order valence-electron chi connectivity index (χ4n) is 1.48. The van der Waals surface area contributed by atoms with Crippen LogP contribution in [0.3, 0.4) is 0 Å². The molecule has 0 aliphatic carbocycles. The molecule has 1 aromatic carbocycles. The topological polar surface area (TPSA) is 72.5 Å². The van der Waals surface area contributed by atoms with Crippen LogP contribution >= 0.6 is 0 Å². The lowest BCUT2D eigenvalue weighted by molar-refractivity contribution is -0.143. The number of carbonyl (C=O) groups is 1. The number of phenolic OH excluding ortho intramolecular Hbond substituents is 1. The van der Waals surface area contributed by atoms with Crippen molar-refractivity contribution in [3.8, 4) is 5.75 Å². The van der Waals surface area contributed by atoms with Crippen LogP contribution in [0.25, 0.3) is 0 Å². The monoisotopic (exact) mass is 263 g/mol. The van der Waals surface area contributed by atoms with Crippen LogP contribution in [0.4, 0.5) is 13.2 Å². The minimum atomic E-state index is -4.62. The molecule has 0 unspecified atom stereocenters. The zero-order valence-electron chi connectivity index (χ0n) is 9.49. The zero-order chi connectivity index (χ0) is 13.9. The Balaban J connectivity index is 3.06. The van der Waals surface area contributed by atoms with Gasteiger partial charge in [-0.1, -0.05) is 6.07 Å². The van der Waals surface area contributed by atoms with Gasteiger partial charge in [-0.25, -0.2) is 0 Å². The molecule has 100 valence electrons. The Labute approximate surface area is 101 Å². The van der Waals surface area contributed by atoms with E-state index in [1.807, 2.05) is 0 Å². The van der Waals surface area contributed by atoms with Crippen LogP contribution in [0.2, 0.25) is 0 Å². The van der Waals surface area contributed by atoms with Crippen molar-refractivity contribution in [2.45, 2.75) is 18.6 Å². The van der Waals surface area contributed by atoms with E-state index in [1.54, 1.807) is 0 Å². The summed E-state index contributed by atoms with van der Waals surface area (Å²) in [5.41, 5.74) is 4.23. The molecule has 0 aromatic heterocycles. The Hall–Kier alpha value is -1.76. The normalized spacial score (nSPS) is 13.2. The van der Waals surface area contributed by atoms with Gasteiger partial charge in [-0.15, -0.1) is 0 Å². The first-order chi connectivity index (χ1) is 8.25. The highest BCUT2D eigenvalue weighted by atomic mass is 19.4. The minimum absolute atomic E-state index is 0.168. The largest absolute Gasteiger partial charge is 0.508 e. The number of hydrogen-bond donors (Lipinski definition) is 2. The standard InChI is InChI=1S/C11H12F3NO3/c1-18-10(17)9(15)4-6-2-3-7(16)5-8(6)11(12,13)14/h2-3,5,9,16H,4,15H2,1H3/t9-/m0/s1. The first kappa shape index (κ1) is 14.3. The highest BCUT2D eigenvalue weighted by Crippen LogP contribution is 2.34. The van der Waals surface area contributed by atoms with E-state index in [9.17, 15) is 18.0 Å². The zero-order valence-corrected chi connectivity index (χ0v) is 9.49.